The second kappa shape index (κ2) is 10.8. The number of nitrogens with zero attached hydrogens (tertiary/aromatic N) is 1. The van der Waals surface area contributed by atoms with Crippen LogP contribution in [0.4, 0.5) is 5.69 Å². The number of fused-ring (bicyclic) bond motifs is 1. The molecule has 1 aliphatic carbocycles. The third kappa shape index (κ3) is 5.14. The van der Waals surface area contributed by atoms with E-state index in [-0.39, 0.29) is 17.7 Å². The van der Waals surface area contributed by atoms with Crippen molar-refractivity contribution in [2.24, 2.45) is 17.6 Å². The number of carbonyl (C=O) groups excluding carboxylic acids is 3. The number of ether oxygens (including phenoxy) is 1. The molecule has 7 nitrogen and oxygen atoms in total. The number of esters is 1. The number of nitrogens with two attached hydrogens (primary N) is 1. The summed E-state index contributed by atoms with van der Waals surface area (Å²) < 4.78 is 5.02. The third-order valence-corrected chi connectivity index (χ3v) is 7.01. The fourth-order valence-electron chi connectivity index (χ4n) is 5.08. The summed E-state index contributed by atoms with van der Waals surface area (Å²) in [5.74, 6) is -0.166. The molecule has 2 aromatic rings. The van der Waals surface area contributed by atoms with Crippen molar-refractivity contribution in [3.63, 3.8) is 0 Å². The number of hydrogen-bond acceptors (Lipinski definition) is 5. The van der Waals surface area contributed by atoms with Crippen LogP contribution in [-0.4, -0.2) is 42.4 Å². The Labute approximate surface area is 200 Å². The highest BCUT2D eigenvalue weighted by Crippen LogP contribution is 2.36. The quantitative estimate of drug-likeness (QED) is 0.636. The minimum Gasteiger partial charge on any atom is -0.462 e. The van der Waals surface area contributed by atoms with Gasteiger partial charge in [0.25, 0.3) is 5.91 Å². The molecular weight excluding hydrogens is 430 g/mol. The van der Waals surface area contributed by atoms with Gasteiger partial charge in [-0.1, -0.05) is 24.3 Å². The molecule has 0 radical (unpaired) electrons. The van der Waals surface area contributed by atoms with Crippen molar-refractivity contribution in [2.45, 2.75) is 45.1 Å². The molecule has 2 aliphatic rings. The van der Waals surface area contributed by atoms with Crippen LogP contribution in [0.2, 0.25) is 0 Å². The van der Waals surface area contributed by atoms with E-state index in [0.29, 0.717) is 36.9 Å². The minimum atomic E-state index is -0.686. The van der Waals surface area contributed by atoms with E-state index in [2.05, 4.69) is 5.32 Å². The smallest absolute Gasteiger partial charge is 0.338 e. The van der Waals surface area contributed by atoms with Gasteiger partial charge < -0.3 is 20.7 Å². The molecule has 0 saturated heterocycles. The van der Waals surface area contributed by atoms with Crippen molar-refractivity contribution < 1.29 is 19.1 Å². The van der Waals surface area contributed by atoms with E-state index in [1.165, 1.54) is 0 Å². The molecule has 4 rings (SSSR count). The number of hydrogen-bond donors (Lipinski definition) is 2. The van der Waals surface area contributed by atoms with Crippen molar-refractivity contribution in [3.05, 3.63) is 65.2 Å². The van der Waals surface area contributed by atoms with E-state index < -0.39 is 12.0 Å². The Morgan fingerprint density at radius 2 is 1.74 bits per heavy atom. The number of anilines is 1. The average Bonchev–Trinajstić information content (AvgIpc) is 2.88. The zero-order valence-electron chi connectivity index (χ0n) is 19.7. The molecule has 1 aliphatic heterocycles. The summed E-state index contributed by atoms with van der Waals surface area (Å²) in [5, 5.41) is 2.95. The van der Waals surface area contributed by atoms with Crippen LogP contribution in [0.3, 0.4) is 0 Å². The first kappa shape index (κ1) is 24.0. The monoisotopic (exact) mass is 463 g/mol. The molecule has 7 heteroatoms. The Bertz CT molecular complexity index is 1030. The predicted molar refractivity (Wildman–Crippen MR) is 130 cm³/mol. The summed E-state index contributed by atoms with van der Waals surface area (Å²) in [7, 11) is 0. The number of amides is 2. The van der Waals surface area contributed by atoms with Crippen LogP contribution in [-0.2, 0) is 20.7 Å². The maximum Gasteiger partial charge on any atom is 0.338 e. The van der Waals surface area contributed by atoms with Crippen molar-refractivity contribution in [2.75, 3.05) is 25.0 Å². The molecule has 1 heterocycles. The zero-order chi connectivity index (χ0) is 24.1. The molecule has 2 aromatic carbocycles. The molecular formula is C27H33N3O4. The Morgan fingerprint density at radius 3 is 2.41 bits per heavy atom. The van der Waals surface area contributed by atoms with Crippen molar-refractivity contribution >= 4 is 23.5 Å². The molecule has 2 amide bonds. The third-order valence-electron chi connectivity index (χ3n) is 7.01. The SMILES string of the molecule is CCOC(=O)c1ccc(NC(=O)[C@@H]2c3ccccc3CCN2C(=O)[C@H]2CC[C@H](CN)CC2)cc1. The molecule has 3 N–H and O–H groups in total. The summed E-state index contributed by atoms with van der Waals surface area (Å²) >= 11 is 0. The maximum absolute atomic E-state index is 13.6. The molecule has 1 atom stereocenters. The minimum absolute atomic E-state index is 0.0581. The van der Waals surface area contributed by atoms with Crippen LogP contribution in [0, 0.1) is 11.8 Å². The lowest BCUT2D eigenvalue weighted by atomic mass is 9.80. The van der Waals surface area contributed by atoms with E-state index in [1.807, 2.05) is 24.3 Å². The lowest BCUT2D eigenvalue weighted by Gasteiger charge is -2.39. The van der Waals surface area contributed by atoms with Gasteiger partial charge in [-0.3, -0.25) is 9.59 Å². The topological polar surface area (TPSA) is 102 Å². The Morgan fingerprint density at radius 1 is 1.03 bits per heavy atom. The Kier molecular flexibility index (Phi) is 7.63. The van der Waals surface area contributed by atoms with Gasteiger partial charge in [0.05, 0.1) is 12.2 Å². The van der Waals surface area contributed by atoms with E-state index >= 15 is 0 Å². The largest absolute Gasteiger partial charge is 0.462 e. The highest BCUT2D eigenvalue weighted by Gasteiger charge is 2.39. The zero-order valence-corrected chi connectivity index (χ0v) is 19.7. The number of rotatable bonds is 6. The molecule has 34 heavy (non-hydrogen) atoms. The van der Waals surface area contributed by atoms with E-state index in [4.69, 9.17) is 10.5 Å². The van der Waals surface area contributed by atoms with Crippen LogP contribution in [0.1, 0.15) is 60.1 Å². The van der Waals surface area contributed by atoms with Gasteiger partial charge in [0.1, 0.15) is 6.04 Å². The van der Waals surface area contributed by atoms with Gasteiger partial charge in [-0.25, -0.2) is 4.79 Å². The number of benzene rings is 2. The normalized spacial score (nSPS) is 21.9. The summed E-state index contributed by atoms with van der Waals surface area (Å²) in [5.41, 5.74) is 8.78. The van der Waals surface area contributed by atoms with Gasteiger partial charge in [0.2, 0.25) is 5.91 Å². The van der Waals surface area contributed by atoms with E-state index in [9.17, 15) is 14.4 Å². The molecule has 0 spiro atoms. The number of nitrogens with one attached hydrogen (secondary N) is 1. The molecule has 1 fully saturated rings. The van der Waals surface area contributed by atoms with Gasteiger partial charge in [-0.2, -0.15) is 0 Å². The summed E-state index contributed by atoms with van der Waals surface area (Å²) in [4.78, 5) is 40.8. The second-order valence-electron chi connectivity index (χ2n) is 9.12. The van der Waals surface area contributed by atoms with Crippen LogP contribution in [0.25, 0.3) is 0 Å². The summed E-state index contributed by atoms with van der Waals surface area (Å²) in [6.07, 6.45) is 4.30. The molecule has 180 valence electrons. The summed E-state index contributed by atoms with van der Waals surface area (Å²) in [6, 6.07) is 13.8. The Hall–Kier alpha value is -3.19. The van der Waals surface area contributed by atoms with Crippen LogP contribution >= 0.6 is 0 Å². The van der Waals surface area contributed by atoms with Gasteiger partial charge in [0, 0.05) is 18.2 Å². The molecule has 1 saturated carbocycles. The second-order valence-corrected chi connectivity index (χ2v) is 9.12. The fraction of sp³-hybridized carbons (Fsp3) is 0.444. The van der Waals surface area contributed by atoms with Crippen LogP contribution in [0.5, 0.6) is 0 Å². The van der Waals surface area contributed by atoms with E-state index in [0.717, 1.165) is 43.2 Å². The lowest BCUT2D eigenvalue weighted by molar-refractivity contribution is -0.144. The molecule has 0 bridgehead atoms. The maximum atomic E-state index is 13.6. The average molecular weight is 464 g/mol. The van der Waals surface area contributed by atoms with Gasteiger partial charge >= 0.3 is 5.97 Å². The van der Waals surface area contributed by atoms with Crippen LogP contribution in [0.15, 0.2) is 48.5 Å². The van der Waals surface area contributed by atoms with E-state index in [1.54, 1.807) is 36.1 Å². The fourth-order valence-corrected chi connectivity index (χ4v) is 5.08. The van der Waals surface area contributed by atoms with Crippen molar-refractivity contribution in [1.29, 1.82) is 0 Å². The summed E-state index contributed by atoms with van der Waals surface area (Å²) in [6.45, 7) is 3.24. The standard InChI is InChI=1S/C27H33N3O4/c1-2-34-27(33)21-11-13-22(14-12-21)29-25(31)24-23-6-4-3-5-19(23)15-16-30(24)26(32)20-9-7-18(17-28)8-10-20/h3-6,11-14,18,20,24H,2,7-10,15-17,28H2,1H3,(H,29,31)/t18-,20-,24-/m0/s1. The van der Waals surface area contributed by atoms with Crippen molar-refractivity contribution in [3.8, 4) is 0 Å². The molecule has 0 unspecified atom stereocenters. The molecule has 0 aromatic heterocycles. The van der Waals surface area contributed by atoms with Crippen molar-refractivity contribution in [1.82, 2.24) is 4.90 Å². The van der Waals surface area contributed by atoms with Gasteiger partial charge in [-0.15, -0.1) is 0 Å². The van der Waals surface area contributed by atoms with Gasteiger partial charge in [0.15, 0.2) is 0 Å². The Balaban J connectivity index is 1.54. The van der Waals surface area contributed by atoms with Crippen LogP contribution < -0.4 is 11.1 Å². The first-order chi connectivity index (χ1) is 16.5. The number of carbonyl (C=O) groups is 3. The lowest BCUT2D eigenvalue weighted by Crippen LogP contribution is -2.48. The highest BCUT2D eigenvalue weighted by molar-refractivity contribution is 5.99. The predicted octanol–water partition coefficient (Wildman–Crippen LogP) is 3.69. The van der Waals surface area contributed by atoms with Gasteiger partial charge in [-0.05, 0) is 86.9 Å². The highest BCUT2D eigenvalue weighted by atomic mass is 16.5. The first-order valence-electron chi connectivity index (χ1n) is 12.2. The first-order valence-corrected chi connectivity index (χ1v) is 12.2.